The minimum atomic E-state index is -0.234. The average molecular weight is 516 g/mol. The summed E-state index contributed by atoms with van der Waals surface area (Å²) in [7, 11) is 0. The van der Waals surface area contributed by atoms with E-state index in [0.29, 0.717) is 5.56 Å². The molecule has 0 spiro atoms. The van der Waals surface area contributed by atoms with Crippen molar-refractivity contribution in [1.29, 1.82) is 0 Å². The monoisotopic (exact) mass is 515 g/mol. The summed E-state index contributed by atoms with van der Waals surface area (Å²) in [6.45, 7) is 1.97. The van der Waals surface area contributed by atoms with Crippen LogP contribution in [0.25, 0.3) is 55.6 Å². The van der Waals surface area contributed by atoms with E-state index in [1.807, 2.05) is 36.5 Å². The van der Waals surface area contributed by atoms with Crippen LogP contribution < -0.4 is 5.32 Å². The fourth-order valence-corrected chi connectivity index (χ4v) is 5.96. The molecule has 1 aliphatic carbocycles. The molecule has 3 aromatic carbocycles. The second-order valence-electron chi connectivity index (χ2n) is 10.6. The van der Waals surface area contributed by atoms with Gasteiger partial charge in [-0.2, -0.15) is 5.10 Å². The third-order valence-electron chi connectivity index (χ3n) is 8.00. The summed E-state index contributed by atoms with van der Waals surface area (Å²) in [6, 6.07) is 25.7. The van der Waals surface area contributed by atoms with Crippen molar-refractivity contribution in [1.82, 2.24) is 25.5 Å². The molecule has 0 aliphatic heterocycles. The van der Waals surface area contributed by atoms with Crippen molar-refractivity contribution in [3.05, 3.63) is 96.4 Å². The maximum absolute atomic E-state index is 14.6. The van der Waals surface area contributed by atoms with Gasteiger partial charge in [0.25, 0.3) is 0 Å². The van der Waals surface area contributed by atoms with Crippen molar-refractivity contribution in [2.45, 2.75) is 32.2 Å². The largest absolute Gasteiger partial charge is 0.353 e. The number of aromatic amines is 2. The zero-order valence-electron chi connectivity index (χ0n) is 21.7. The summed E-state index contributed by atoms with van der Waals surface area (Å²) in [6.07, 6.45) is 7.35. The van der Waals surface area contributed by atoms with Gasteiger partial charge in [0, 0.05) is 40.2 Å². The van der Waals surface area contributed by atoms with Crippen molar-refractivity contribution in [2.75, 3.05) is 6.54 Å². The highest BCUT2D eigenvalue weighted by Crippen LogP contribution is 2.35. The topological polar surface area (TPSA) is 69.4 Å². The van der Waals surface area contributed by atoms with Crippen LogP contribution in [0.5, 0.6) is 0 Å². The molecule has 0 bridgehead atoms. The number of nitrogens with zero attached hydrogens (tertiary/aromatic N) is 2. The zero-order valence-corrected chi connectivity index (χ0v) is 21.7. The number of aromatic nitrogens is 4. The van der Waals surface area contributed by atoms with Gasteiger partial charge < -0.3 is 10.3 Å². The van der Waals surface area contributed by atoms with Crippen LogP contribution in [0.15, 0.2) is 85.1 Å². The third-order valence-corrected chi connectivity index (χ3v) is 8.00. The van der Waals surface area contributed by atoms with E-state index in [4.69, 9.17) is 0 Å². The van der Waals surface area contributed by atoms with Gasteiger partial charge in [-0.3, -0.25) is 5.10 Å². The molecule has 39 heavy (non-hydrogen) atoms. The Morgan fingerprint density at radius 3 is 2.59 bits per heavy atom. The highest BCUT2D eigenvalue weighted by Gasteiger charge is 2.17. The fourth-order valence-electron chi connectivity index (χ4n) is 5.96. The van der Waals surface area contributed by atoms with Gasteiger partial charge >= 0.3 is 0 Å². The van der Waals surface area contributed by atoms with Crippen molar-refractivity contribution in [3.63, 3.8) is 0 Å². The first-order valence-electron chi connectivity index (χ1n) is 13.7. The van der Waals surface area contributed by atoms with Gasteiger partial charge in [0.2, 0.25) is 0 Å². The minimum absolute atomic E-state index is 0.234. The van der Waals surface area contributed by atoms with Gasteiger partial charge in [-0.1, -0.05) is 61.4 Å². The summed E-state index contributed by atoms with van der Waals surface area (Å²) in [5, 5.41) is 13.2. The van der Waals surface area contributed by atoms with Crippen LogP contribution in [0.3, 0.4) is 0 Å². The smallest absolute Gasteiger partial charge is 0.155 e. The Labute approximate surface area is 226 Å². The molecule has 0 atom stereocenters. The van der Waals surface area contributed by atoms with Gasteiger partial charge in [0.1, 0.15) is 11.5 Å². The molecule has 5 nitrogen and oxygen atoms in total. The van der Waals surface area contributed by atoms with Crippen LogP contribution >= 0.6 is 0 Å². The van der Waals surface area contributed by atoms with E-state index in [1.54, 1.807) is 6.07 Å². The minimum Gasteiger partial charge on any atom is -0.353 e. The first-order valence-corrected chi connectivity index (χ1v) is 13.7. The fraction of sp³-hybridized carbons (Fsp3) is 0.212. The quantitative estimate of drug-likeness (QED) is 0.203. The van der Waals surface area contributed by atoms with Crippen LogP contribution in [0.4, 0.5) is 4.39 Å². The van der Waals surface area contributed by atoms with Gasteiger partial charge in [-0.05, 0) is 72.3 Å². The molecule has 0 radical (unpaired) electrons. The number of H-pyrrole nitrogens is 2. The van der Waals surface area contributed by atoms with E-state index >= 15 is 0 Å². The summed E-state index contributed by atoms with van der Waals surface area (Å²) in [4.78, 5) is 8.17. The molecular weight excluding hydrogens is 485 g/mol. The average Bonchev–Trinajstić information content (AvgIpc) is 3.73. The molecule has 6 aromatic rings. The Morgan fingerprint density at radius 2 is 1.69 bits per heavy atom. The maximum Gasteiger partial charge on any atom is 0.155 e. The summed E-state index contributed by atoms with van der Waals surface area (Å²) in [5.41, 5.74) is 8.22. The number of rotatable bonds is 7. The first-order chi connectivity index (χ1) is 19.2. The van der Waals surface area contributed by atoms with Crippen molar-refractivity contribution < 1.29 is 4.39 Å². The van der Waals surface area contributed by atoms with Crippen molar-refractivity contribution >= 4 is 21.9 Å². The number of halogens is 1. The Kier molecular flexibility index (Phi) is 6.17. The molecule has 3 N–H and O–H groups in total. The zero-order chi connectivity index (χ0) is 26.2. The summed E-state index contributed by atoms with van der Waals surface area (Å²) >= 11 is 0. The standard InChI is InChI=1S/C33H30FN5/c34-29-13-4-3-11-26(29)25-12-6-14-30-27(25)17-31(37-30)32-28-16-24(20-36-33(28)39-38-32)23-10-5-9-22(15-23)19-35-18-21-7-1-2-8-21/h3-6,9-17,20-21,35,37H,1-2,7-8,18-19H2,(H,36,38,39). The Morgan fingerprint density at radius 1 is 0.846 bits per heavy atom. The van der Waals surface area contributed by atoms with Gasteiger partial charge in [-0.25, -0.2) is 9.37 Å². The molecule has 7 rings (SSSR count). The number of nitrogens with one attached hydrogen (secondary N) is 3. The lowest BCUT2D eigenvalue weighted by atomic mass is 10.0. The van der Waals surface area contributed by atoms with Crippen LogP contribution in [0, 0.1) is 11.7 Å². The van der Waals surface area contributed by atoms with Crippen molar-refractivity contribution in [2.24, 2.45) is 5.92 Å². The molecule has 194 valence electrons. The van der Waals surface area contributed by atoms with E-state index in [-0.39, 0.29) is 5.82 Å². The highest BCUT2D eigenvalue weighted by molar-refractivity contribution is 6.01. The predicted molar refractivity (Wildman–Crippen MR) is 156 cm³/mol. The van der Waals surface area contributed by atoms with Gasteiger partial charge in [0.05, 0.1) is 5.69 Å². The lowest BCUT2D eigenvalue weighted by molar-refractivity contribution is 0.489. The molecule has 1 aliphatic rings. The molecule has 3 heterocycles. The molecule has 1 saturated carbocycles. The molecular formula is C33H30FN5. The summed E-state index contributed by atoms with van der Waals surface area (Å²) in [5.74, 6) is 0.592. The third kappa shape index (κ3) is 4.61. The number of benzene rings is 3. The number of hydrogen-bond donors (Lipinski definition) is 3. The lowest BCUT2D eigenvalue weighted by Gasteiger charge is -2.11. The van der Waals surface area contributed by atoms with Gasteiger partial charge in [0.15, 0.2) is 5.65 Å². The first kappa shape index (κ1) is 23.8. The van der Waals surface area contributed by atoms with Crippen LogP contribution in [-0.2, 0) is 6.54 Å². The van der Waals surface area contributed by atoms with Crippen LogP contribution in [0.1, 0.15) is 31.2 Å². The highest BCUT2D eigenvalue weighted by atomic mass is 19.1. The molecule has 0 saturated heterocycles. The molecule has 0 unspecified atom stereocenters. The lowest BCUT2D eigenvalue weighted by Crippen LogP contribution is -2.20. The number of fused-ring (bicyclic) bond motifs is 2. The Hall–Kier alpha value is -4.29. The molecule has 1 fully saturated rings. The van der Waals surface area contributed by atoms with E-state index in [9.17, 15) is 4.39 Å². The molecule has 6 heteroatoms. The van der Waals surface area contributed by atoms with E-state index in [1.165, 1.54) is 37.3 Å². The normalized spacial score (nSPS) is 14.1. The van der Waals surface area contributed by atoms with E-state index < -0.39 is 0 Å². The van der Waals surface area contributed by atoms with E-state index in [0.717, 1.165) is 69.0 Å². The predicted octanol–water partition coefficient (Wildman–Crippen LogP) is 7.86. The van der Waals surface area contributed by atoms with Crippen LogP contribution in [-0.4, -0.2) is 26.7 Å². The second-order valence-corrected chi connectivity index (χ2v) is 10.6. The molecule has 0 amide bonds. The Balaban J connectivity index is 1.21. The Bertz CT molecular complexity index is 1780. The SMILES string of the molecule is Fc1ccccc1-c1cccc2[nH]c(-c3n[nH]c4ncc(-c5cccc(CNCC6CCCC6)c5)cc34)cc12. The number of hydrogen-bond acceptors (Lipinski definition) is 3. The van der Waals surface area contributed by atoms with Crippen LogP contribution in [0.2, 0.25) is 0 Å². The number of pyridine rings is 1. The summed E-state index contributed by atoms with van der Waals surface area (Å²) < 4.78 is 14.6. The van der Waals surface area contributed by atoms with E-state index in [2.05, 4.69) is 61.9 Å². The maximum atomic E-state index is 14.6. The molecule has 3 aromatic heterocycles. The second kappa shape index (κ2) is 10.1. The van der Waals surface area contributed by atoms with Crippen molar-refractivity contribution in [3.8, 4) is 33.6 Å². The van der Waals surface area contributed by atoms with Gasteiger partial charge in [-0.15, -0.1) is 0 Å².